The van der Waals surface area contributed by atoms with Gasteiger partial charge in [-0.15, -0.1) is 0 Å². The van der Waals surface area contributed by atoms with E-state index in [1.807, 2.05) is 30.3 Å². The topological polar surface area (TPSA) is 24.7 Å². The fourth-order valence-electron chi connectivity index (χ4n) is 3.84. The molecule has 0 N–H and O–H groups in total. The summed E-state index contributed by atoms with van der Waals surface area (Å²) in [7, 11) is 0. The Balaban J connectivity index is 1.91. The zero-order valence-electron chi connectivity index (χ0n) is 15.1. The number of rotatable bonds is 3. The van der Waals surface area contributed by atoms with Gasteiger partial charge in [0.15, 0.2) is 0 Å². The van der Waals surface area contributed by atoms with E-state index in [1.165, 1.54) is 0 Å². The summed E-state index contributed by atoms with van der Waals surface area (Å²) in [6, 6.07) is 31.3. The van der Waals surface area contributed by atoms with Crippen molar-refractivity contribution in [2.24, 2.45) is 15.6 Å². The average molecular weight is 338 g/mol. The van der Waals surface area contributed by atoms with Gasteiger partial charge < -0.3 is 0 Å². The van der Waals surface area contributed by atoms with Crippen LogP contribution in [-0.4, -0.2) is 0 Å². The molecule has 3 aromatic rings. The van der Waals surface area contributed by atoms with Crippen molar-refractivity contribution in [1.29, 1.82) is 0 Å². The van der Waals surface area contributed by atoms with Crippen molar-refractivity contribution in [3.05, 3.63) is 113 Å². The lowest BCUT2D eigenvalue weighted by Gasteiger charge is -2.39. The summed E-state index contributed by atoms with van der Waals surface area (Å²) in [5.41, 5.74) is 3.65. The van der Waals surface area contributed by atoms with Crippen molar-refractivity contribution >= 4 is 6.08 Å². The van der Waals surface area contributed by atoms with Gasteiger partial charge in [-0.3, -0.25) is 0 Å². The fourth-order valence-corrected chi connectivity index (χ4v) is 3.84. The summed E-state index contributed by atoms with van der Waals surface area (Å²) >= 11 is 0. The Morgan fingerprint density at radius 2 is 1.12 bits per heavy atom. The fraction of sp³-hybridized carbons (Fsp3) is 0.167. The lowest BCUT2D eigenvalue weighted by molar-refractivity contribution is 0.290. The van der Waals surface area contributed by atoms with Gasteiger partial charge in [0.1, 0.15) is 5.54 Å². The highest BCUT2D eigenvalue weighted by molar-refractivity contribution is 5.58. The van der Waals surface area contributed by atoms with Gasteiger partial charge in [0.2, 0.25) is 0 Å². The maximum Gasteiger partial charge on any atom is 0.142 e. The minimum absolute atomic E-state index is 0.286. The smallest absolute Gasteiger partial charge is 0.142 e. The Bertz CT molecular complexity index is 900. The summed E-state index contributed by atoms with van der Waals surface area (Å²) in [6.07, 6.45) is 2.15. The first-order chi connectivity index (χ1) is 12.6. The third-order valence-corrected chi connectivity index (χ3v) is 5.34. The maximum atomic E-state index is 4.89. The van der Waals surface area contributed by atoms with E-state index in [0.717, 1.165) is 22.4 Å². The molecule has 0 atom stereocenters. The van der Waals surface area contributed by atoms with Crippen LogP contribution < -0.4 is 0 Å². The first-order valence-electron chi connectivity index (χ1n) is 8.96. The second-order valence-corrected chi connectivity index (χ2v) is 7.21. The Labute approximate surface area is 154 Å². The van der Waals surface area contributed by atoms with Crippen LogP contribution in [0.25, 0.3) is 6.08 Å². The molecule has 128 valence electrons. The van der Waals surface area contributed by atoms with Crippen LogP contribution >= 0.6 is 0 Å². The van der Waals surface area contributed by atoms with Gasteiger partial charge in [-0.05, 0) is 22.8 Å². The van der Waals surface area contributed by atoms with E-state index in [9.17, 15) is 0 Å². The lowest BCUT2D eigenvalue weighted by Crippen LogP contribution is -2.39. The zero-order valence-corrected chi connectivity index (χ0v) is 15.1. The van der Waals surface area contributed by atoms with Crippen molar-refractivity contribution in [2.45, 2.75) is 19.4 Å². The van der Waals surface area contributed by atoms with Crippen LogP contribution in [0.5, 0.6) is 0 Å². The number of nitrogens with zero attached hydrogens (tertiary/aromatic N) is 2. The molecule has 3 aromatic carbocycles. The van der Waals surface area contributed by atoms with Gasteiger partial charge in [-0.2, -0.15) is 10.2 Å². The molecule has 1 heterocycles. The van der Waals surface area contributed by atoms with Crippen LogP contribution in [0.4, 0.5) is 0 Å². The van der Waals surface area contributed by atoms with Gasteiger partial charge in [0.05, 0.1) is 5.70 Å². The normalized spacial score (nSPS) is 18.9. The van der Waals surface area contributed by atoms with Crippen LogP contribution in [-0.2, 0) is 5.54 Å². The highest BCUT2D eigenvalue weighted by Gasteiger charge is 2.54. The molecule has 1 aliphatic rings. The Kier molecular flexibility index (Phi) is 4.04. The standard InChI is InChI=1S/C24H22N2/c1-23(2)22(18-19-12-6-3-7-13-19)25-26-24(23,20-14-8-4-9-15-20)21-16-10-5-11-17-21/h3-18H,1-2H3/b22-18-. The molecule has 2 heteroatoms. The van der Waals surface area contributed by atoms with E-state index >= 15 is 0 Å². The van der Waals surface area contributed by atoms with Gasteiger partial charge in [-0.25, -0.2) is 0 Å². The molecular formula is C24H22N2. The summed E-state index contributed by atoms with van der Waals surface area (Å²) in [5, 5.41) is 9.57. The molecular weight excluding hydrogens is 316 g/mol. The molecule has 0 saturated heterocycles. The average Bonchev–Trinajstić information content (AvgIpc) is 2.95. The molecule has 2 nitrogen and oxygen atoms in total. The zero-order chi connectivity index (χ0) is 18.0. The largest absolute Gasteiger partial charge is 0.171 e. The van der Waals surface area contributed by atoms with Crippen molar-refractivity contribution in [1.82, 2.24) is 0 Å². The van der Waals surface area contributed by atoms with Crippen molar-refractivity contribution in [3.8, 4) is 0 Å². The second kappa shape index (κ2) is 6.38. The molecule has 0 spiro atoms. The maximum absolute atomic E-state index is 4.89. The van der Waals surface area contributed by atoms with Gasteiger partial charge in [0.25, 0.3) is 0 Å². The molecule has 0 amide bonds. The summed E-state index contributed by atoms with van der Waals surface area (Å²) in [5.74, 6) is 0. The number of hydrogen-bond donors (Lipinski definition) is 0. The van der Waals surface area contributed by atoms with E-state index in [-0.39, 0.29) is 5.41 Å². The molecule has 0 aliphatic carbocycles. The minimum Gasteiger partial charge on any atom is -0.171 e. The molecule has 0 radical (unpaired) electrons. The predicted molar refractivity (Wildman–Crippen MR) is 107 cm³/mol. The third-order valence-electron chi connectivity index (χ3n) is 5.34. The molecule has 0 saturated carbocycles. The van der Waals surface area contributed by atoms with Crippen LogP contribution in [0.3, 0.4) is 0 Å². The molecule has 26 heavy (non-hydrogen) atoms. The first-order valence-corrected chi connectivity index (χ1v) is 8.96. The number of hydrogen-bond acceptors (Lipinski definition) is 2. The number of benzene rings is 3. The summed E-state index contributed by atoms with van der Waals surface area (Å²) < 4.78 is 0. The van der Waals surface area contributed by atoms with E-state index in [4.69, 9.17) is 5.11 Å². The van der Waals surface area contributed by atoms with Crippen molar-refractivity contribution in [2.75, 3.05) is 0 Å². The molecule has 1 aliphatic heterocycles. The van der Waals surface area contributed by atoms with Crippen LogP contribution in [0.15, 0.2) is 107 Å². The highest BCUT2D eigenvalue weighted by Crippen LogP contribution is 2.57. The van der Waals surface area contributed by atoms with E-state index in [0.29, 0.717) is 0 Å². The third kappa shape index (κ3) is 2.50. The van der Waals surface area contributed by atoms with Crippen molar-refractivity contribution < 1.29 is 0 Å². The summed E-state index contributed by atoms with van der Waals surface area (Å²) in [6.45, 7) is 4.48. The summed E-state index contributed by atoms with van der Waals surface area (Å²) in [4.78, 5) is 0. The van der Waals surface area contributed by atoms with E-state index in [1.54, 1.807) is 0 Å². The lowest BCUT2D eigenvalue weighted by atomic mass is 9.64. The Morgan fingerprint density at radius 3 is 1.62 bits per heavy atom. The Hall–Kier alpha value is -3.00. The molecule has 0 unspecified atom stereocenters. The monoisotopic (exact) mass is 338 g/mol. The van der Waals surface area contributed by atoms with Gasteiger partial charge >= 0.3 is 0 Å². The van der Waals surface area contributed by atoms with E-state index in [2.05, 4.69) is 85.7 Å². The molecule has 0 aromatic heterocycles. The molecule has 0 fully saturated rings. The van der Waals surface area contributed by atoms with E-state index < -0.39 is 5.54 Å². The van der Waals surface area contributed by atoms with Crippen molar-refractivity contribution in [3.63, 3.8) is 0 Å². The van der Waals surface area contributed by atoms with Crippen LogP contribution in [0.1, 0.15) is 30.5 Å². The van der Waals surface area contributed by atoms with Crippen LogP contribution in [0, 0.1) is 5.41 Å². The second-order valence-electron chi connectivity index (χ2n) is 7.21. The predicted octanol–water partition coefficient (Wildman–Crippen LogP) is 6.46. The first kappa shape index (κ1) is 16.5. The molecule has 4 rings (SSSR count). The number of azo groups is 1. The molecule has 0 bridgehead atoms. The highest BCUT2D eigenvalue weighted by atomic mass is 15.2. The Morgan fingerprint density at radius 1 is 0.654 bits per heavy atom. The van der Waals surface area contributed by atoms with Gasteiger partial charge in [-0.1, -0.05) is 105 Å². The quantitative estimate of drug-likeness (QED) is 0.523. The minimum atomic E-state index is -0.532. The van der Waals surface area contributed by atoms with Gasteiger partial charge in [0, 0.05) is 5.41 Å². The van der Waals surface area contributed by atoms with Crippen LogP contribution in [0.2, 0.25) is 0 Å². The SMILES string of the molecule is CC1(C)/C(=C/c2ccccc2)N=NC1(c1ccccc1)c1ccccc1.